The zero-order valence-corrected chi connectivity index (χ0v) is 11.2. The SMILES string of the molecule is Cc1nc(Cl)c(Sc2ccc(F)c(F)c2)nc1C. The molecule has 0 aliphatic rings. The molecule has 0 radical (unpaired) electrons. The summed E-state index contributed by atoms with van der Waals surface area (Å²) in [6, 6.07) is 3.64. The summed E-state index contributed by atoms with van der Waals surface area (Å²) in [5, 5.41) is 0.735. The van der Waals surface area contributed by atoms with Crippen molar-refractivity contribution in [2.24, 2.45) is 0 Å². The molecule has 0 saturated heterocycles. The Morgan fingerprint density at radius 1 is 1.06 bits per heavy atom. The van der Waals surface area contributed by atoms with Crippen molar-refractivity contribution in [2.45, 2.75) is 23.8 Å². The van der Waals surface area contributed by atoms with Crippen LogP contribution in [0, 0.1) is 25.5 Å². The fraction of sp³-hybridized carbons (Fsp3) is 0.167. The number of rotatable bonds is 2. The minimum atomic E-state index is -0.895. The molecule has 0 fully saturated rings. The Morgan fingerprint density at radius 2 is 1.72 bits per heavy atom. The van der Waals surface area contributed by atoms with E-state index in [-0.39, 0.29) is 5.15 Å². The first-order valence-corrected chi connectivity index (χ1v) is 6.30. The highest BCUT2D eigenvalue weighted by Gasteiger charge is 2.10. The fourth-order valence-electron chi connectivity index (χ4n) is 1.27. The van der Waals surface area contributed by atoms with Gasteiger partial charge in [-0.2, -0.15) is 0 Å². The smallest absolute Gasteiger partial charge is 0.161 e. The van der Waals surface area contributed by atoms with Crippen molar-refractivity contribution in [2.75, 3.05) is 0 Å². The van der Waals surface area contributed by atoms with Crippen LogP contribution in [0.15, 0.2) is 28.1 Å². The molecule has 94 valence electrons. The van der Waals surface area contributed by atoms with Crippen LogP contribution < -0.4 is 0 Å². The molecule has 0 saturated carbocycles. The molecule has 0 unspecified atom stereocenters. The molecule has 2 aromatic rings. The van der Waals surface area contributed by atoms with Crippen LogP contribution in [0.1, 0.15) is 11.4 Å². The van der Waals surface area contributed by atoms with Gasteiger partial charge < -0.3 is 0 Å². The zero-order valence-electron chi connectivity index (χ0n) is 9.67. The van der Waals surface area contributed by atoms with Crippen molar-refractivity contribution in [3.05, 3.63) is 46.4 Å². The molecule has 0 spiro atoms. The van der Waals surface area contributed by atoms with Crippen LogP contribution in [0.25, 0.3) is 0 Å². The van der Waals surface area contributed by atoms with E-state index in [9.17, 15) is 8.78 Å². The molecule has 6 heteroatoms. The van der Waals surface area contributed by atoms with Crippen LogP contribution in [0.3, 0.4) is 0 Å². The number of nitrogens with zero attached hydrogens (tertiary/aromatic N) is 2. The summed E-state index contributed by atoms with van der Waals surface area (Å²) in [5.74, 6) is -1.77. The quantitative estimate of drug-likeness (QED) is 0.828. The van der Waals surface area contributed by atoms with E-state index in [1.54, 1.807) is 6.92 Å². The maximum atomic E-state index is 13.1. The van der Waals surface area contributed by atoms with E-state index in [1.807, 2.05) is 6.92 Å². The van der Waals surface area contributed by atoms with Gasteiger partial charge in [0.2, 0.25) is 0 Å². The Hall–Kier alpha value is -1.20. The van der Waals surface area contributed by atoms with Crippen molar-refractivity contribution >= 4 is 23.4 Å². The molecule has 1 heterocycles. The Bertz CT molecular complexity index is 605. The Balaban J connectivity index is 2.34. The van der Waals surface area contributed by atoms with E-state index in [1.165, 1.54) is 6.07 Å². The maximum absolute atomic E-state index is 13.1. The Kier molecular flexibility index (Phi) is 3.82. The normalized spacial score (nSPS) is 10.7. The number of halogens is 3. The van der Waals surface area contributed by atoms with E-state index >= 15 is 0 Å². The number of aromatic nitrogens is 2. The highest BCUT2D eigenvalue weighted by Crippen LogP contribution is 2.31. The van der Waals surface area contributed by atoms with Crippen LogP contribution in [-0.4, -0.2) is 9.97 Å². The molecule has 0 amide bonds. The lowest BCUT2D eigenvalue weighted by atomic mass is 10.3. The van der Waals surface area contributed by atoms with E-state index in [2.05, 4.69) is 9.97 Å². The second-order valence-electron chi connectivity index (χ2n) is 3.67. The zero-order chi connectivity index (χ0) is 13.3. The summed E-state index contributed by atoms with van der Waals surface area (Å²) >= 11 is 7.11. The number of aryl methyl sites for hydroxylation is 2. The molecule has 0 bridgehead atoms. The third-order valence-electron chi connectivity index (χ3n) is 2.34. The van der Waals surface area contributed by atoms with Gasteiger partial charge in [0, 0.05) is 4.90 Å². The molecule has 1 aromatic carbocycles. The van der Waals surface area contributed by atoms with Crippen LogP contribution in [0.2, 0.25) is 5.15 Å². The van der Waals surface area contributed by atoms with Crippen LogP contribution in [0.5, 0.6) is 0 Å². The maximum Gasteiger partial charge on any atom is 0.161 e. The molecule has 18 heavy (non-hydrogen) atoms. The molecular formula is C12H9ClF2N2S. The second kappa shape index (κ2) is 5.20. The first kappa shape index (κ1) is 13.2. The molecule has 0 atom stereocenters. The monoisotopic (exact) mass is 286 g/mol. The van der Waals surface area contributed by atoms with Gasteiger partial charge >= 0.3 is 0 Å². The third-order valence-corrected chi connectivity index (χ3v) is 3.68. The van der Waals surface area contributed by atoms with Crippen molar-refractivity contribution in [1.82, 2.24) is 9.97 Å². The number of hydrogen-bond acceptors (Lipinski definition) is 3. The van der Waals surface area contributed by atoms with Gasteiger partial charge in [-0.3, -0.25) is 0 Å². The summed E-state index contributed by atoms with van der Waals surface area (Å²) in [6.45, 7) is 3.62. The van der Waals surface area contributed by atoms with Gasteiger partial charge in [-0.05, 0) is 32.0 Å². The summed E-state index contributed by atoms with van der Waals surface area (Å²) in [7, 11) is 0. The molecule has 0 aliphatic carbocycles. The lowest BCUT2D eigenvalue weighted by molar-refractivity contribution is 0.506. The third kappa shape index (κ3) is 2.79. The van der Waals surface area contributed by atoms with Crippen molar-refractivity contribution in [1.29, 1.82) is 0 Å². The highest BCUT2D eigenvalue weighted by atomic mass is 35.5. The summed E-state index contributed by atoms with van der Waals surface area (Å²) < 4.78 is 25.9. The van der Waals surface area contributed by atoms with Crippen LogP contribution >= 0.6 is 23.4 Å². The number of benzene rings is 1. The molecule has 2 rings (SSSR count). The Morgan fingerprint density at radius 3 is 2.39 bits per heavy atom. The molecule has 2 nitrogen and oxygen atoms in total. The topological polar surface area (TPSA) is 25.8 Å². The summed E-state index contributed by atoms with van der Waals surface area (Å²) in [4.78, 5) is 8.92. The largest absolute Gasteiger partial charge is 0.241 e. The first-order chi connectivity index (χ1) is 8.47. The lowest BCUT2D eigenvalue weighted by Crippen LogP contribution is -1.95. The van der Waals surface area contributed by atoms with Gasteiger partial charge in [0.05, 0.1) is 11.4 Å². The lowest BCUT2D eigenvalue weighted by Gasteiger charge is -2.06. The second-order valence-corrected chi connectivity index (χ2v) is 5.09. The molecule has 0 aliphatic heterocycles. The van der Waals surface area contributed by atoms with Gasteiger partial charge in [-0.1, -0.05) is 23.4 Å². The van der Waals surface area contributed by atoms with Crippen LogP contribution in [0.4, 0.5) is 8.78 Å². The van der Waals surface area contributed by atoms with Crippen molar-refractivity contribution in [3.8, 4) is 0 Å². The van der Waals surface area contributed by atoms with Crippen molar-refractivity contribution < 1.29 is 8.78 Å². The van der Waals surface area contributed by atoms with E-state index < -0.39 is 11.6 Å². The number of hydrogen-bond donors (Lipinski definition) is 0. The minimum absolute atomic E-state index is 0.257. The van der Waals surface area contributed by atoms with Gasteiger partial charge in [0.1, 0.15) is 5.03 Å². The highest BCUT2D eigenvalue weighted by molar-refractivity contribution is 7.99. The minimum Gasteiger partial charge on any atom is -0.241 e. The van der Waals surface area contributed by atoms with Gasteiger partial charge in [-0.15, -0.1) is 0 Å². The average Bonchev–Trinajstić information content (AvgIpc) is 2.31. The van der Waals surface area contributed by atoms with E-state index in [4.69, 9.17) is 11.6 Å². The van der Waals surface area contributed by atoms with Crippen LogP contribution in [-0.2, 0) is 0 Å². The predicted molar refractivity (Wildman–Crippen MR) is 67.0 cm³/mol. The standard InChI is InChI=1S/C12H9ClF2N2S/c1-6-7(2)17-12(11(13)16-6)18-8-3-4-9(14)10(15)5-8/h3-5H,1-2H3. The van der Waals surface area contributed by atoms with E-state index in [0.29, 0.717) is 9.92 Å². The molecule has 0 N–H and O–H groups in total. The van der Waals surface area contributed by atoms with E-state index in [0.717, 1.165) is 35.3 Å². The first-order valence-electron chi connectivity index (χ1n) is 5.11. The molecule has 1 aromatic heterocycles. The Labute approximate surface area is 112 Å². The average molecular weight is 287 g/mol. The van der Waals surface area contributed by atoms with Gasteiger partial charge in [0.15, 0.2) is 16.8 Å². The van der Waals surface area contributed by atoms with Crippen molar-refractivity contribution in [3.63, 3.8) is 0 Å². The fourth-order valence-corrected chi connectivity index (χ4v) is 2.39. The van der Waals surface area contributed by atoms with Gasteiger partial charge in [0.25, 0.3) is 0 Å². The predicted octanol–water partition coefficient (Wildman–Crippen LogP) is 4.18. The molecular weight excluding hydrogens is 278 g/mol. The summed E-state index contributed by atoms with van der Waals surface area (Å²) in [6.07, 6.45) is 0. The van der Waals surface area contributed by atoms with Gasteiger partial charge in [-0.25, -0.2) is 18.7 Å². The summed E-state index contributed by atoms with van der Waals surface area (Å²) in [5.41, 5.74) is 1.50.